The molecule has 1 aromatic carbocycles. The van der Waals surface area contributed by atoms with Crippen LogP contribution in [-0.4, -0.2) is 28.1 Å². The number of hydrogen-bond acceptors (Lipinski definition) is 3. The maximum absolute atomic E-state index is 11.5. The van der Waals surface area contributed by atoms with Crippen LogP contribution in [-0.2, 0) is 21.3 Å². The van der Waals surface area contributed by atoms with Gasteiger partial charge in [-0.15, -0.1) is 0 Å². The summed E-state index contributed by atoms with van der Waals surface area (Å²) < 4.78 is 16.5. The van der Waals surface area contributed by atoms with Crippen molar-refractivity contribution >= 4 is 16.8 Å². The van der Waals surface area contributed by atoms with Crippen LogP contribution in [0.2, 0.25) is 0 Å². The molecule has 4 nitrogen and oxygen atoms in total. The summed E-state index contributed by atoms with van der Waals surface area (Å²) in [7, 11) is 0.462. The molecule has 0 bridgehead atoms. The molecular formula is C11H14O4S. The zero-order chi connectivity index (χ0) is 12.0. The average molecular weight is 242 g/mol. The van der Waals surface area contributed by atoms with E-state index in [0.29, 0.717) is 5.75 Å². The van der Waals surface area contributed by atoms with Crippen LogP contribution in [0.1, 0.15) is 12.0 Å². The maximum atomic E-state index is 11.5. The lowest BCUT2D eigenvalue weighted by Crippen LogP contribution is -2.06. The molecule has 0 aromatic heterocycles. The van der Waals surface area contributed by atoms with Crippen LogP contribution in [0.4, 0.5) is 0 Å². The van der Waals surface area contributed by atoms with Gasteiger partial charge >= 0.3 is 5.97 Å². The lowest BCUT2D eigenvalue weighted by atomic mass is 10.2. The summed E-state index contributed by atoms with van der Waals surface area (Å²) in [6.07, 6.45) is -0.0528. The molecule has 0 saturated carbocycles. The Morgan fingerprint density at radius 2 is 2.00 bits per heavy atom. The Bertz CT molecular complexity index is 372. The molecule has 1 aromatic rings. The molecule has 0 radical (unpaired) electrons. The van der Waals surface area contributed by atoms with E-state index < -0.39 is 16.8 Å². The summed E-state index contributed by atoms with van der Waals surface area (Å²) in [5, 5.41) is 8.45. The Labute approximate surface area is 96.7 Å². The first kappa shape index (κ1) is 12.7. The van der Waals surface area contributed by atoms with Crippen LogP contribution < -0.4 is 4.74 Å². The molecule has 0 aliphatic carbocycles. The lowest BCUT2D eigenvalue weighted by Gasteiger charge is -2.03. The van der Waals surface area contributed by atoms with Crippen molar-refractivity contribution in [3.63, 3.8) is 0 Å². The second-order valence-electron chi connectivity index (χ2n) is 3.28. The summed E-state index contributed by atoms with van der Waals surface area (Å²) in [6.45, 7) is 0. The van der Waals surface area contributed by atoms with Crippen LogP contribution in [0.3, 0.4) is 0 Å². The molecule has 0 amide bonds. The summed E-state index contributed by atoms with van der Waals surface area (Å²) in [6, 6.07) is 7.25. The van der Waals surface area contributed by atoms with E-state index in [4.69, 9.17) is 9.84 Å². The molecule has 1 unspecified atom stereocenters. The SMILES string of the molecule is COc1ccc(CS(=O)CCC(=O)O)cc1. The van der Waals surface area contributed by atoms with Crippen LogP contribution in [0.25, 0.3) is 0 Å². The number of hydrogen-bond donors (Lipinski definition) is 1. The fourth-order valence-electron chi connectivity index (χ4n) is 1.18. The van der Waals surface area contributed by atoms with Gasteiger partial charge in [0.25, 0.3) is 0 Å². The van der Waals surface area contributed by atoms with Gasteiger partial charge < -0.3 is 9.84 Å². The number of carboxylic acid groups (broad SMARTS) is 1. The van der Waals surface area contributed by atoms with E-state index in [1.54, 1.807) is 19.2 Å². The third-order valence-corrected chi connectivity index (χ3v) is 3.35. The minimum Gasteiger partial charge on any atom is -0.497 e. The highest BCUT2D eigenvalue weighted by Gasteiger charge is 2.05. The summed E-state index contributed by atoms with van der Waals surface area (Å²) >= 11 is 0. The Balaban J connectivity index is 2.46. The first-order chi connectivity index (χ1) is 7.61. The van der Waals surface area contributed by atoms with Gasteiger partial charge in [-0.1, -0.05) is 12.1 Å². The fraction of sp³-hybridized carbons (Fsp3) is 0.364. The fourth-order valence-corrected chi connectivity index (χ4v) is 2.29. The van der Waals surface area contributed by atoms with Crippen LogP contribution >= 0.6 is 0 Å². The number of aliphatic carboxylic acids is 1. The predicted octanol–water partition coefficient (Wildman–Crippen LogP) is 1.42. The molecule has 0 aliphatic heterocycles. The van der Waals surface area contributed by atoms with Crippen molar-refractivity contribution in [1.29, 1.82) is 0 Å². The van der Waals surface area contributed by atoms with E-state index in [1.807, 2.05) is 12.1 Å². The second kappa shape index (κ2) is 6.27. The molecule has 0 fully saturated rings. The van der Waals surface area contributed by atoms with Crippen molar-refractivity contribution in [2.75, 3.05) is 12.9 Å². The number of carboxylic acids is 1. The number of methoxy groups -OCH3 is 1. The molecule has 5 heteroatoms. The minimum absolute atomic E-state index is 0.0528. The topological polar surface area (TPSA) is 63.6 Å². The van der Waals surface area contributed by atoms with Crippen LogP contribution in [0, 0.1) is 0 Å². The Morgan fingerprint density at radius 1 is 1.38 bits per heavy atom. The highest BCUT2D eigenvalue weighted by molar-refractivity contribution is 7.84. The zero-order valence-electron chi connectivity index (χ0n) is 9.01. The number of carbonyl (C=O) groups is 1. The standard InChI is InChI=1S/C11H14O4S/c1-15-10-4-2-9(3-5-10)8-16(14)7-6-11(12)13/h2-5H,6-8H2,1H3,(H,12,13). The Kier molecular flexibility index (Phi) is 4.98. The lowest BCUT2D eigenvalue weighted by molar-refractivity contribution is -0.136. The molecule has 88 valence electrons. The van der Waals surface area contributed by atoms with Gasteiger partial charge in [-0.3, -0.25) is 9.00 Å². The van der Waals surface area contributed by atoms with Gasteiger partial charge in [-0.2, -0.15) is 0 Å². The van der Waals surface area contributed by atoms with Gasteiger partial charge in [0, 0.05) is 22.3 Å². The highest BCUT2D eigenvalue weighted by Crippen LogP contribution is 2.12. The van der Waals surface area contributed by atoms with Gasteiger partial charge in [0.2, 0.25) is 0 Å². The van der Waals surface area contributed by atoms with Crippen LogP contribution in [0.15, 0.2) is 24.3 Å². The average Bonchev–Trinajstić information content (AvgIpc) is 2.27. The predicted molar refractivity (Wildman–Crippen MR) is 62.0 cm³/mol. The quantitative estimate of drug-likeness (QED) is 0.819. The van der Waals surface area contributed by atoms with E-state index in [-0.39, 0.29) is 12.2 Å². The van der Waals surface area contributed by atoms with Crippen molar-refractivity contribution in [1.82, 2.24) is 0 Å². The summed E-state index contributed by atoms with van der Waals surface area (Å²) in [4.78, 5) is 10.3. The van der Waals surface area contributed by atoms with E-state index in [9.17, 15) is 9.00 Å². The Hall–Kier alpha value is -1.36. The molecule has 1 N–H and O–H groups in total. The number of rotatable bonds is 6. The minimum atomic E-state index is -1.12. The van der Waals surface area contributed by atoms with Gasteiger partial charge in [-0.05, 0) is 17.7 Å². The molecular weight excluding hydrogens is 228 g/mol. The third-order valence-electron chi connectivity index (χ3n) is 2.03. The summed E-state index contributed by atoms with van der Waals surface area (Å²) in [5.41, 5.74) is 0.921. The largest absolute Gasteiger partial charge is 0.497 e. The third kappa shape index (κ3) is 4.44. The van der Waals surface area contributed by atoms with Crippen molar-refractivity contribution in [2.45, 2.75) is 12.2 Å². The second-order valence-corrected chi connectivity index (χ2v) is 4.86. The van der Waals surface area contributed by atoms with Crippen molar-refractivity contribution in [3.8, 4) is 5.75 Å². The van der Waals surface area contributed by atoms with Gasteiger partial charge in [0.1, 0.15) is 5.75 Å². The van der Waals surface area contributed by atoms with Gasteiger partial charge in [-0.25, -0.2) is 0 Å². The maximum Gasteiger partial charge on any atom is 0.304 e. The van der Waals surface area contributed by atoms with E-state index in [1.165, 1.54) is 0 Å². The first-order valence-corrected chi connectivity index (χ1v) is 6.30. The highest BCUT2D eigenvalue weighted by atomic mass is 32.2. The van der Waals surface area contributed by atoms with Crippen molar-refractivity contribution in [3.05, 3.63) is 29.8 Å². The first-order valence-electron chi connectivity index (χ1n) is 4.81. The van der Waals surface area contributed by atoms with Crippen molar-refractivity contribution < 1.29 is 18.8 Å². The van der Waals surface area contributed by atoms with E-state index in [0.717, 1.165) is 11.3 Å². The monoisotopic (exact) mass is 242 g/mol. The van der Waals surface area contributed by atoms with E-state index >= 15 is 0 Å². The molecule has 16 heavy (non-hydrogen) atoms. The van der Waals surface area contributed by atoms with Crippen LogP contribution in [0.5, 0.6) is 5.75 Å². The van der Waals surface area contributed by atoms with Gasteiger partial charge in [0.15, 0.2) is 0 Å². The molecule has 0 aliphatic rings. The molecule has 0 saturated heterocycles. The molecule has 0 spiro atoms. The molecule has 1 atom stereocenters. The zero-order valence-corrected chi connectivity index (χ0v) is 9.83. The Morgan fingerprint density at radius 3 is 2.50 bits per heavy atom. The normalized spacial score (nSPS) is 12.1. The molecule has 1 rings (SSSR count). The van der Waals surface area contributed by atoms with Gasteiger partial charge in [0.05, 0.1) is 13.5 Å². The van der Waals surface area contributed by atoms with Crippen molar-refractivity contribution in [2.24, 2.45) is 0 Å². The van der Waals surface area contributed by atoms with E-state index in [2.05, 4.69) is 0 Å². The molecule has 0 heterocycles. The summed E-state index contributed by atoms with van der Waals surface area (Å²) in [5.74, 6) is 0.418. The number of ether oxygens (including phenoxy) is 1. The number of benzene rings is 1. The smallest absolute Gasteiger partial charge is 0.304 e.